The van der Waals surface area contributed by atoms with Gasteiger partial charge >= 0.3 is 0 Å². The molecule has 0 unspecified atom stereocenters. The van der Waals surface area contributed by atoms with Crippen LogP contribution in [-0.4, -0.2) is 19.7 Å². The lowest BCUT2D eigenvalue weighted by Gasteiger charge is -2.18. The third-order valence-electron chi connectivity index (χ3n) is 2.70. The van der Waals surface area contributed by atoms with Crippen LogP contribution in [0, 0.1) is 0 Å². The topological polar surface area (TPSA) is 55.6 Å². The van der Waals surface area contributed by atoms with Crippen LogP contribution in [-0.2, 0) is 19.0 Å². The summed E-state index contributed by atoms with van der Waals surface area (Å²) in [5.74, 6) is 1.61. The van der Waals surface area contributed by atoms with Gasteiger partial charge in [0.2, 0.25) is 0 Å². The minimum atomic E-state index is 0.133. The average Bonchev–Trinajstić information content (AvgIpc) is 2.72. The van der Waals surface area contributed by atoms with Gasteiger partial charge in [0.25, 0.3) is 0 Å². The summed E-state index contributed by atoms with van der Waals surface area (Å²) in [6, 6.07) is 4.09. The van der Waals surface area contributed by atoms with Crippen LogP contribution < -0.4 is 5.32 Å². The Hall–Kier alpha value is -1.91. The molecular formula is C13H19N5. The second-order valence-corrected chi connectivity index (χ2v) is 5.37. The van der Waals surface area contributed by atoms with E-state index in [4.69, 9.17) is 0 Å². The fraction of sp³-hybridized carbons (Fsp3) is 0.462. The molecule has 0 fully saturated rings. The number of anilines is 1. The van der Waals surface area contributed by atoms with Crippen molar-refractivity contribution in [2.75, 3.05) is 5.32 Å². The number of hydrogen-bond acceptors (Lipinski definition) is 4. The Bertz CT molecular complexity index is 507. The van der Waals surface area contributed by atoms with Crippen molar-refractivity contribution in [1.82, 2.24) is 19.7 Å². The molecule has 0 aliphatic rings. The lowest BCUT2D eigenvalue weighted by molar-refractivity contribution is 0.587. The van der Waals surface area contributed by atoms with Crippen molar-refractivity contribution in [3.8, 4) is 0 Å². The van der Waals surface area contributed by atoms with Crippen molar-refractivity contribution < 1.29 is 0 Å². The molecule has 2 aromatic rings. The molecule has 18 heavy (non-hydrogen) atoms. The number of nitrogens with one attached hydrogen (secondary N) is 1. The van der Waals surface area contributed by atoms with Gasteiger partial charge in [0.05, 0.1) is 6.54 Å². The fourth-order valence-corrected chi connectivity index (χ4v) is 1.58. The number of hydrogen-bond donors (Lipinski definition) is 1. The van der Waals surface area contributed by atoms with Crippen LogP contribution in [0.1, 0.15) is 32.2 Å². The van der Waals surface area contributed by atoms with Crippen molar-refractivity contribution in [2.45, 2.75) is 32.7 Å². The second-order valence-electron chi connectivity index (χ2n) is 5.37. The summed E-state index contributed by atoms with van der Waals surface area (Å²) in [6.07, 6.45) is 3.60. The summed E-state index contributed by atoms with van der Waals surface area (Å²) in [5, 5.41) is 7.40. The molecule has 1 N–H and O–H groups in total. The fourth-order valence-electron chi connectivity index (χ4n) is 1.58. The van der Waals surface area contributed by atoms with E-state index in [0.29, 0.717) is 6.54 Å². The molecule has 0 aliphatic carbocycles. The maximum absolute atomic E-state index is 4.39. The number of rotatable bonds is 3. The third kappa shape index (κ3) is 3.06. The molecule has 0 saturated carbocycles. The quantitative estimate of drug-likeness (QED) is 0.900. The van der Waals surface area contributed by atoms with E-state index in [1.165, 1.54) is 5.56 Å². The lowest BCUT2D eigenvalue weighted by Crippen LogP contribution is -2.12. The molecule has 0 atom stereocenters. The molecule has 0 aliphatic heterocycles. The molecule has 0 amide bonds. The number of nitrogens with zero attached hydrogens (tertiary/aromatic N) is 4. The summed E-state index contributed by atoms with van der Waals surface area (Å²) in [6.45, 7) is 7.11. The minimum Gasteiger partial charge on any atom is -0.363 e. The van der Waals surface area contributed by atoms with E-state index in [2.05, 4.69) is 47.2 Å². The zero-order chi connectivity index (χ0) is 13.2. The highest BCUT2D eigenvalue weighted by molar-refractivity contribution is 5.37. The second kappa shape index (κ2) is 4.76. The highest BCUT2D eigenvalue weighted by atomic mass is 15.3. The van der Waals surface area contributed by atoms with E-state index >= 15 is 0 Å². The van der Waals surface area contributed by atoms with E-state index in [1.807, 2.05) is 19.3 Å². The average molecular weight is 245 g/mol. The van der Waals surface area contributed by atoms with Crippen LogP contribution in [0.5, 0.6) is 0 Å². The van der Waals surface area contributed by atoms with Crippen molar-refractivity contribution in [3.05, 3.63) is 36.0 Å². The summed E-state index contributed by atoms with van der Waals surface area (Å²) in [5.41, 5.74) is 1.36. The molecule has 0 radical (unpaired) electrons. The first-order chi connectivity index (χ1) is 8.45. The smallest absolute Gasteiger partial charge is 0.169 e. The molecule has 2 rings (SSSR count). The monoisotopic (exact) mass is 245 g/mol. The highest BCUT2D eigenvalue weighted by Crippen LogP contribution is 2.21. The Morgan fingerprint density at radius 3 is 2.50 bits per heavy atom. The van der Waals surface area contributed by atoms with E-state index in [9.17, 15) is 0 Å². The van der Waals surface area contributed by atoms with E-state index in [-0.39, 0.29) is 5.41 Å². The Morgan fingerprint density at radius 2 is 2.00 bits per heavy atom. The van der Waals surface area contributed by atoms with Crippen molar-refractivity contribution in [2.24, 2.45) is 7.05 Å². The Kier molecular flexibility index (Phi) is 3.32. The van der Waals surface area contributed by atoms with E-state index in [0.717, 1.165) is 11.6 Å². The van der Waals surface area contributed by atoms with E-state index < -0.39 is 0 Å². The van der Waals surface area contributed by atoms with Crippen LogP contribution in [0.2, 0.25) is 0 Å². The van der Waals surface area contributed by atoms with Gasteiger partial charge in [-0.2, -0.15) is 5.10 Å². The molecular weight excluding hydrogens is 226 g/mol. The number of aromatic nitrogens is 4. The van der Waals surface area contributed by atoms with Gasteiger partial charge in [-0.25, -0.2) is 9.97 Å². The van der Waals surface area contributed by atoms with Gasteiger partial charge in [-0.15, -0.1) is 0 Å². The van der Waals surface area contributed by atoms with Crippen LogP contribution in [0.15, 0.2) is 24.7 Å². The third-order valence-corrected chi connectivity index (χ3v) is 2.70. The van der Waals surface area contributed by atoms with Crippen molar-refractivity contribution in [1.29, 1.82) is 0 Å². The van der Waals surface area contributed by atoms with Crippen LogP contribution in [0.3, 0.4) is 0 Å². The molecule has 0 aromatic carbocycles. The van der Waals surface area contributed by atoms with Crippen LogP contribution >= 0.6 is 0 Å². The van der Waals surface area contributed by atoms with Crippen molar-refractivity contribution in [3.63, 3.8) is 0 Å². The zero-order valence-electron chi connectivity index (χ0n) is 11.3. The molecule has 2 aromatic heterocycles. The summed E-state index contributed by atoms with van der Waals surface area (Å²) in [4.78, 5) is 8.54. The van der Waals surface area contributed by atoms with Gasteiger partial charge < -0.3 is 5.32 Å². The predicted molar refractivity (Wildman–Crippen MR) is 71.3 cm³/mol. The molecule has 0 spiro atoms. The Balaban J connectivity index is 1.98. The highest BCUT2D eigenvalue weighted by Gasteiger charge is 2.13. The van der Waals surface area contributed by atoms with Gasteiger partial charge in [0, 0.05) is 13.2 Å². The minimum absolute atomic E-state index is 0.133. The summed E-state index contributed by atoms with van der Waals surface area (Å²) < 4.78 is 1.69. The normalized spacial score (nSPS) is 11.6. The first-order valence-electron chi connectivity index (χ1n) is 6.00. The van der Waals surface area contributed by atoms with Gasteiger partial charge in [0.15, 0.2) is 5.82 Å². The molecule has 5 heteroatoms. The maximum Gasteiger partial charge on any atom is 0.169 e. The molecule has 0 saturated heterocycles. The van der Waals surface area contributed by atoms with Gasteiger partial charge in [0.1, 0.15) is 12.1 Å². The molecule has 0 bridgehead atoms. The summed E-state index contributed by atoms with van der Waals surface area (Å²) in [7, 11) is 1.85. The standard InChI is InChI=1S/C13H19N5/c1-13(2,3)10-5-6-11(14-7-10)15-8-12-16-9-18(4)17-12/h5-7,9H,8H2,1-4H3,(H,14,15). The van der Waals surface area contributed by atoms with Crippen molar-refractivity contribution >= 4 is 5.82 Å². The maximum atomic E-state index is 4.39. The van der Waals surface area contributed by atoms with E-state index in [1.54, 1.807) is 11.0 Å². The largest absolute Gasteiger partial charge is 0.363 e. The number of aryl methyl sites for hydroxylation is 1. The predicted octanol–water partition coefficient (Wildman–Crippen LogP) is 2.12. The van der Waals surface area contributed by atoms with Crippen LogP contribution in [0.4, 0.5) is 5.82 Å². The molecule has 5 nitrogen and oxygen atoms in total. The first kappa shape index (κ1) is 12.5. The van der Waals surface area contributed by atoms with Crippen LogP contribution in [0.25, 0.3) is 0 Å². The number of pyridine rings is 1. The molecule has 96 valence electrons. The summed E-state index contributed by atoms with van der Waals surface area (Å²) >= 11 is 0. The lowest BCUT2D eigenvalue weighted by atomic mass is 9.88. The van der Waals surface area contributed by atoms with Gasteiger partial charge in [-0.3, -0.25) is 4.68 Å². The molecule has 2 heterocycles. The Labute approximate surface area is 107 Å². The van der Waals surface area contributed by atoms with Gasteiger partial charge in [-0.1, -0.05) is 26.8 Å². The SMILES string of the molecule is Cn1cnc(CNc2ccc(C(C)(C)C)cn2)n1. The van der Waals surface area contributed by atoms with Gasteiger partial charge in [-0.05, 0) is 17.0 Å². The zero-order valence-corrected chi connectivity index (χ0v) is 11.3. The first-order valence-corrected chi connectivity index (χ1v) is 6.00. The Morgan fingerprint density at radius 1 is 1.22 bits per heavy atom.